The Labute approximate surface area is 125 Å². The third-order valence-electron chi connectivity index (χ3n) is 2.77. The fourth-order valence-corrected chi connectivity index (χ4v) is 1.66. The molecule has 0 aromatic carbocycles. The lowest BCUT2D eigenvalue weighted by Gasteiger charge is -2.09. The van der Waals surface area contributed by atoms with Gasteiger partial charge in [-0.05, 0) is 19.3 Å². The summed E-state index contributed by atoms with van der Waals surface area (Å²) >= 11 is 0. The lowest BCUT2D eigenvalue weighted by atomic mass is 10.1. The molecular formula is C14H24N4O3. The number of anilines is 2. The van der Waals surface area contributed by atoms with Crippen LogP contribution >= 0.6 is 0 Å². The third kappa shape index (κ3) is 6.89. The van der Waals surface area contributed by atoms with Gasteiger partial charge in [0.15, 0.2) is 0 Å². The van der Waals surface area contributed by atoms with Crippen LogP contribution in [0.2, 0.25) is 0 Å². The smallest absolute Gasteiger partial charge is 0.276 e. The number of ether oxygens (including phenoxy) is 1. The summed E-state index contributed by atoms with van der Waals surface area (Å²) in [6.45, 7) is 8.71. The quantitative estimate of drug-likeness (QED) is 0.392. The van der Waals surface area contributed by atoms with Gasteiger partial charge in [-0.2, -0.15) is 0 Å². The zero-order valence-electron chi connectivity index (χ0n) is 12.9. The Balaban J connectivity index is 2.48. The molecule has 118 valence electrons. The summed E-state index contributed by atoms with van der Waals surface area (Å²) in [5.41, 5.74) is 0.0178. The molecule has 0 saturated heterocycles. The molecule has 2 N–H and O–H groups in total. The Morgan fingerprint density at radius 2 is 1.95 bits per heavy atom. The van der Waals surface area contributed by atoms with Crippen LogP contribution in [-0.4, -0.2) is 36.2 Å². The third-order valence-corrected chi connectivity index (χ3v) is 2.77. The minimum Gasteiger partial charge on any atom is -0.380 e. The van der Waals surface area contributed by atoms with Crippen molar-refractivity contribution in [2.45, 2.75) is 27.2 Å². The number of hydrogen-bond donors (Lipinski definition) is 2. The zero-order chi connectivity index (χ0) is 15.7. The molecule has 0 aliphatic rings. The SMILES string of the molecule is CCNc1cc([N+](=O)[O-])cc(NCCOCCC(C)C)n1. The topological polar surface area (TPSA) is 89.3 Å². The molecule has 7 nitrogen and oxygen atoms in total. The van der Waals surface area contributed by atoms with Gasteiger partial charge in [0, 0.05) is 19.7 Å². The Hall–Kier alpha value is -1.89. The van der Waals surface area contributed by atoms with E-state index in [1.807, 2.05) is 6.92 Å². The van der Waals surface area contributed by atoms with E-state index in [1.54, 1.807) is 0 Å². The molecule has 1 rings (SSSR count). The summed E-state index contributed by atoms with van der Waals surface area (Å²) < 4.78 is 5.48. The van der Waals surface area contributed by atoms with Crippen molar-refractivity contribution in [1.29, 1.82) is 0 Å². The summed E-state index contributed by atoms with van der Waals surface area (Å²) in [6.07, 6.45) is 1.03. The van der Waals surface area contributed by atoms with Crippen molar-refractivity contribution in [3.63, 3.8) is 0 Å². The van der Waals surface area contributed by atoms with Crippen LogP contribution in [0, 0.1) is 16.0 Å². The number of nitrogens with one attached hydrogen (secondary N) is 2. The summed E-state index contributed by atoms with van der Waals surface area (Å²) in [4.78, 5) is 14.7. The predicted octanol–water partition coefficient (Wildman–Crippen LogP) is 2.90. The highest BCUT2D eigenvalue weighted by Gasteiger charge is 2.10. The minimum absolute atomic E-state index is 0.0178. The van der Waals surface area contributed by atoms with E-state index in [2.05, 4.69) is 29.5 Å². The number of aromatic nitrogens is 1. The lowest BCUT2D eigenvalue weighted by Crippen LogP contribution is -2.12. The maximum atomic E-state index is 10.9. The van der Waals surface area contributed by atoms with Crippen LogP contribution in [0.4, 0.5) is 17.3 Å². The monoisotopic (exact) mass is 296 g/mol. The molecule has 0 bridgehead atoms. The van der Waals surface area contributed by atoms with Crippen molar-refractivity contribution in [2.24, 2.45) is 5.92 Å². The second-order valence-electron chi connectivity index (χ2n) is 5.10. The first-order valence-electron chi connectivity index (χ1n) is 7.25. The van der Waals surface area contributed by atoms with E-state index in [9.17, 15) is 10.1 Å². The molecule has 0 unspecified atom stereocenters. The summed E-state index contributed by atoms with van der Waals surface area (Å²) in [5, 5.41) is 16.9. The molecule has 1 aromatic heterocycles. The summed E-state index contributed by atoms with van der Waals surface area (Å²) in [7, 11) is 0. The zero-order valence-corrected chi connectivity index (χ0v) is 12.9. The fourth-order valence-electron chi connectivity index (χ4n) is 1.66. The first-order valence-corrected chi connectivity index (χ1v) is 7.25. The van der Waals surface area contributed by atoms with Crippen molar-refractivity contribution >= 4 is 17.3 Å². The first kappa shape index (κ1) is 17.2. The van der Waals surface area contributed by atoms with Crippen molar-refractivity contribution in [3.8, 4) is 0 Å². The molecule has 1 aromatic rings. The normalized spacial score (nSPS) is 10.7. The van der Waals surface area contributed by atoms with Gasteiger partial charge < -0.3 is 15.4 Å². The number of hydrogen-bond acceptors (Lipinski definition) is 6. The molecule has 0 radical (unpaired) electrons. The van der Waals surface area contributed by atoms with Crippen LogP contribution in [0.1, 0.15) is 27.2 Å². The Morgan fingerprint density at radius 1 is 1.29 bits per heavy atom. The number of nitrogens with zero attached hydrogens (tertiary/aromatic N) is 2. The van der Waals surface area contributed by atoms with Gasteiger partial charge in [0.05, 0.1) is 23.7 Å². The Morgan fingerprint density at radius 3 is 2.52 bits per heavy atom. The predicted molar refractivity (Wildman–Crippen MR) is 83.8 cm³/mol. The second kappa shape index (κ2) is 9.12. The standard InChI is InChI=1S/C14H24N4O3/c1-4-15-13-9-12(18(19)20)10-14(17-13)16-6-8-21-7-5-11(2)3/h9-11H,4-8H2,1-3H3,(H2,15,16,17). The lowest BCUT2D eigenvalue weighted by molar-refractivity contribution is -0.384. The van der Waals surface area contributed by atoms with Gasteiger partial charge in [-0.15, -0.1) is 0 Å². The molecular weight excluding hydrogens is 272 g/mol. The molecule has 0 saturated carbocycles. The second-order valence-corrected chi connectivity index (χ2v) is 5.10. The number of nitro groups is 1. The van der Waals surface area contributed by atoms with Crippen molar-refractivity contribution in [1.82, 2.24) is 4.98 Å². The van der Waals surface area contributed by atoms with Crippen LogP contribution in [0.25, 0.3) is 0 Å². The summed E-state index contributed by atoms with van der Waals surface area (Å²) in [6, 6.07) is 2.85. The van der Waals surface area contributed by atoms with Gasteiger partial charge >= 0.3 is 0 Å². The van der Waals surface area contributed by atoms with Gasteiger partial charge in [0.25, 0.3) is 5.69 Å². The van der Waals surface area contributed by atoms with E-state index in [1.165, 1.54) is 12.1 Å². The maximum Gasteiger partial charge on any atom is 0.276 e. The van der Waals surface area contributed by atoms with Gasteiger partial charge in [0.2, 0.25) is 0 Å². The van der Waals surface area contributed by atoms with E-state index in [-0.39, 0.29) is 5.69 Å². The Bertz CT molecular complexity index is 452. The van der Waals surface area contributed by atoms with Crippen LogP contribution < -0.4 is 10.6 Å². The average Bonchev–Trinajstić information content (AvgIpc) is 2.42. The van der Waals surface area contributed by atoms with Crippen molar-refractivity contribution < 1.29 is 9.66 Å². The highest BCUT2D eigenvalue weighted by Crippen LogP contribution is 2.20. The van der Waals surface area contributed by atoms with Gasteiger partial charge in [0.1, 0.15) is 11.6 Å². The average molecular weight is 296 g/mol. The molecule has 7 heteroatoms. The van der Waals surface area contributed by atoms with Crippen LogP contribution in [-0.2, 0) is 4.74 Å². The van der Waals surface area contributed by atoms with Gasteiger partial charge in [-0.3, -0.25) is 10.1 Å². The molecule has 0 aliphatic carbocycles. The van der Waals surface area contributed by atoms with E-state index in [4.69, 9.17) is 4.74 Å². The number of pyridine rings is 1. The van der Waals surface area contributed by atoms with Crippen molar-refractivity contribution in [2.75, 3.05) is 36.9 Å². The molecule has 0 amide bonds. The molecule has 0 spiro atoms. The maximum absolute atomic E-state index is 10.9. The summed E-state index contributed by atoms with van der Waals surface area (Å²) in [5.74, 6) is 1.60. The molecule has 1 heterocycles. The van der Waals surface area contributed by atoms with Crippen LogP contribution in [0.5, 0.6) is 0 Å². The molecule has 0 aliphatic heterocycles. The van der Waals surface area contributed by atoms with E-state index in [0.29, 0.717) is 37.3 Å². The van der Waals surface area contributed by atoms with Crippen molar-refractivity contribution in [3.05, 3.63) is 22.2 Å². The highest BCUT2D eigenvalue weighted by molar-refractivity contribution is 5.54. The van der Waals surface area contributed by atoms with E-state index >= 15 is 0 Å². The minimum atomic E-state index is -0.424. The van der Waals surface area contributed by atoms with Crippen LogP contribution in [0.15, 0.2) is 12.1 Å². The largest absolute Gasteiger partial charge is 0.380 e. The molecule has 21 heavy (non-hydrogen) atoms. The van der Waals surface area contributed by atoms with Crippen LogP contribution in [0.3, 0.4) is 0 Å². The first-order chi connectivity index (χ1) is 10.0. The fraction of sp³-hybridized carbons (Fsp3) is 0.643. The van der Waals surface area contributed by atoms with E-state index < -0.39 is 4.92 Å². The highest BCUT2D eigenvalue weighted by atomic mass is 16.6. The van der Waals surface area contributed by atoms with E-state index in [0.717, 1.165) is 13.0 Å². The van der Waals surface area contributed by atoms with Gasteiger partial charge in [-0.25, -0.2) is 4.98 Å². The molecule has 0 atom stereocenters. The molecule has 0 fully saturated rings. The Kier molecular flexibility index (Phi) is 7.45. The van der Waals surface area contributed by atoms with Gasteiger partial charge in [-0.1, -0.05) is 13.8 Å². The number of rotatable bonds is 10.